The van der Waals surface area contributed by atoms with Crippen molar-refractivity contribution in [1.82, 2.24) is 0 Å². The molecule has 0 aromatic rings. The first kappa shape index (κ1) is 29.0. The molecule has 0 amide bonds. The third kappa shape index (κ3) is 10.5. The van der Waals surface area contributed by atoms with Gasteiger partial charge in [-0.3, -0.25) is 19.2 Å². The van der Waals surface area contributed by atoms with Crippen molar-refractivity contribution in [3.8, 4) is 0 Å². The van der Waals surface area contributed by atoms with Gasteiger partial charge in [-0.2, -0.15) is 0 Å². The fraction of sp³-hybridized carbons (Fsp3) is 0.833. The molecule has 11 nitrogen and oxygen atoms in total. The molecule has 1 heterocycles. The normalized spacial score (nSPS) is 27.0. The zero-order valence-corrected chi connectivity index (χ0v) is 20.9. The van der Waals surface area contributed by atoms with E-state index < -0.39 is 48.6 Å². The Morgan fingerprint density at radius 2 is 1.49 bits per heavy atom. The lowest BCUT2D eigenvalue weighted by atomic mass is 9.97. The van der Waals surface area contributed by atoms with Gasteiger partial charge in [0.25, 0.3) is 0 Å². The highest BCUT2D eigenvalue weighted by Gasteiger charge is 2.49. The second kappa shape index (κ2) is 15.0. The van der Waals surface area contributed by atoms with E-state index >= 15 is 0 Å². The Morgan fingerprint density at radius 3 is 2.11 bits per heavy atom. The Kier molecular flexibility index (Phi) is 12.4. The summed E-state index contributed by atoms with van der Waals surface area (Å²) in [5.41, 5.74) is 6.24. The van der Waals surface area contributed by atoms with Gasteiger partial charge in [-0.15, -0.1) is 0 Å². The molecule has 1 aliphatic heterocycles. The van der Waals surface area contributed by atoms with Crippen molar-refractivity contribution in [1.29, 1.82) is 0 Å². The van der Waals surface area contributed by atoms with Crippen LogP contribution >= 0.6 is 0 Å². The maximum absolute atomic E-state index is 12.0. The largest absolute Gasteiger partial charge is 0.463 e. The van der Waals surface area contributed by atoms with Gasteiger partial charge in [0.05, 0.1) is 6.04 Å². The first-order chi connectivity index (χ1) is 16.7. The molecule has 1 saturated heterocycles. The molecule has 0 spiro atoms. The summed E-state index contributed by atoms with van der Waals surface area (Å²) in [6.07, 6.45) is 3.77. The average Bonchev–Trinajstić information content (AvgIpc) is 2.79. The minimum atomic E-state index is -1.07. The smallest absolute Gasteiger partial charge is 0.306 e. The highest BCUT2D eigenvalue weighted by atomic mass is 16.7. The number of nitrogens with two attached hydrogens (primary N) is 1. The topological polar surface area (TPSA) is 150 Å². The van der Waals surface area contributed by atoms with E-state index in [4.69, 9.17) is 34.2 Å². The van der Waals surface area contributed by atoms with Crippen LogP contribution in [0.5, 0.6) is 0 Å². The van der Waals surface area contributed by atoms with E-state index in [1.54, 1.807) is 0 Å². The third-order valence-electron chi connectivity index (χ3n) is 5.91. The second-order valence-electron chi connectivity index (χ2n) is 9.00. The molecule has 200 valence electrons. The standard InChI is InChI=1S/C24H39NO10/c1-15(26)31-14-19-22(32-16(2)27)23(33-17(3)28)21(25)24(35-19)30-13-9-5-8-12-20(29)34-18-10-6-4-7-11-18/h18-19,21-24H,4-14,25H2,1-3H3. The van der Waals surface area contributed by atoms with Crippen molar-refractivity contribution < 1.29 is 47.6 Å². The second-order valence-corrected chi connectivity index (χ2v) is 9.00. The molecule has 11 heteroatoms. The Labute approximate surface area is 206 Å². The van der Waals surface area contributed by atoms with Crippen molar-refractivity contribution in [2.75, 3.05) is 13.2 Å². The van der Waals surface area contributed by atoms with E-state index in [0.29, 0.717) is 19.3 Å². The zero-order chi connectivity index (χ0) is 25.8. The molecule has 0 radical (unpaired) electrons. The van der Waals surface area contributed by atoms with Gasteiger partial charge in [0.15, 0.2) is 18.5 Å². The van der Waals surface area contributed by atoms with Gasteiger partial charge in [0.1, 0.15) is 18.8 Å². The molecule has 0 aromatic heterocycles. The molecule has 2 rings (SSSR count). The predicted octanol–water partition coefficient (Wildman–Crippen LogP) is 1.92. The van der Waals surface area contributed by atoms with Crippen LogP contribution in [0.3, 0.4) is 0 Å². The highest BCUT2D eigenvalue weighted by Crippen LogP contribution is 2.27. The average molecular weight is 502 g/mol. The lowest BCUT2D eigenvalue weighted by Gasteiger charge is -2.43. The predicted molar refractivity (Wildman–Crippen MR) is 122 cm³/mol. The molecule has 0 bridgehead atoms. The summed E-state index contributed by atoms with van der Waals surface area (Å²) in [6, 6.07) is -0.942. The molecule has 2 fully saturated rings. The minimum Gasteiger partial charge on any atom is -0.463 e. The fourth-order valence-electron chi connectivity index (χ4n) is 4.26. The summed E-state index contributed by atoms with van der Waals surface area (Å²) in [4.78, 5) is 46.6. The number of carbonyl (C=O) groups is 4. The molecular formula is C24H39NO10. The van der Waals surface area contributed by atoms with Crippen LogP contribution in [0, 0.1) is 0 Å². The first-order valence-electron chi connectivity index (χ1n) is 12.4. The number of esters is 4. The Hall–Kier alpha value is -2.24. The molecule has 1 saturated carbocycles. The first-order valence-corrected chi connectivity index (χ1v) is 12.4. The van der Waals surface area contributed by atoms with Gasteiger partial charge >= 0.3 is 23.9 Å². The number of ether oxygens (including phenoxy) is 6. The van der Waals surface area contributed by atoms with Gasteiger partial charge in [-0.1, -0.05) is 12.8 Å². The number of rotatable bonds is 12. The van der Waals surface area contributed by atoms with Crippen LogP contribution in [-0.2, 0) is 47.6 Å². The molecule has 5 atom stereocenters. The number of unbranched alkanes of at least 4 members (excludes halogenated alkanes) is 2. The van der Waals surface area contributed by atoms with E-state index in [9.17, 15) is 19.2 Å². The Morgan fingerprint density at radius 1 is 0.829 bits per heavy atom. The maximum Gasteiger partial charge on any atom is 0.306 e. The van der Waals surface area contributed by atoms with Crippen molar-refractivity contribution in [2.24, 2.45) is 5.73 Å². The van der Waals surface area contributed by atoms with E-state index in [1.165, 1.54) is 27.2 Å². The summed E-state index contributed by atoms with van der Waals surface area (Å²) in [5, 5.41) is 0. The Balaban J connectivity index is 1.83. The molecular weight excluding hydrogens is 462 g/mol. The molecule has 0 aromatic carbocycles. The highest BCUT2D eigenvalue weighted by molar-refractivity contribution is 5.69. The minimum absolute atomic E-state index is 0.0606. The van der Waals surface area contributed by atoms with Crippen molar-refractivity contribution in [2.45, 2.75) is 115 Å². The van der Waals surface area contributed by atoms with Crippen LogP contribution in [0.4, 0.5) is 0 Å². The third-order valence-corrected chi connectivity index (χ3v) is 5.91. The fourth-order valence-corrected chi connectivity index (χ4v) is 4.26. The molecule has 35 heavy (non-hydrogen) atoms. The van der Waals surface area contributed by atoms with Crippen LogP contribution in [-0.4, -0.2) is 73.8 Å². The monoisotopic (exact) mass is 501 g/mol. The van der Waals surface area contributed by atoms with Gasteiger partial charge in [-0.05, 0) is 38.5 Å². The lowest BCUT2D eigenvalue weighted by molar-refractivity contribution is -0.274. The summed E-state index contributed by atoms with van der Waals surface area (Å²) >= 11 is 0. The number of hydrogen-bond acceptors (Lipinski definition) is 11. The maximum atomic E-state index is 12.0. The Bertz CT molecular complexity index is 708. The zero-order valence-electron chi connectivity index (χ0n) is 20.9. The van der Waals surface area contributed by atoms with E-state index in [-0.39, 0.29) is 25.3 Å². The van der Waals surface area contributed by atoms with Crippen molar-refractivity contribution >= 4 is 23.9 Å². The van der Waals surface area contributed by atoms with Gasteiger partial charge in [-0.25, -0.2) is 0 Å². The SMILES string of the molecule is CC(=O)OCC1OC(OCCCCCC(=O)OC2CCCCC2)C(N)C(OC(C)=O)C1OC(C)=O. The molecule has 2 N–H and O–H groups in total. The molecule has 2 aliphatic rings. The summed E-state index contributed by atoms with van der Waals surface area (Å²) in [6.45, 7) is 3.69. The van der Waals surface area contributed by atoms with Crippen LogP contribution in [0.15, 0.2) is 0 Å². The van der Waals surface area contributed by atoms with Crippen LogP contribution in [0.2, 0.25) is 0 Å². The number of hydrogen-bond donors (Lipinski definition) is 1. The van der Waals surface area contributed by atoms with E-state index in [2.05, 4.69) is 0 Å². The van der Waals surface area contributed by atoms with E-state index in [0.717, 1.165) is 32.1 Å². The molecule has 5 unspecified atom stereocenters. The van der Waals surface area contributed by atoms with Gasteiger partial charge in [0.2, 0.25) is 0 Å². The van der Waals surface area contributed by atoms with Crippen LogP contribution in [0.25, 0.3) is 0 Å². The van der Waals surface area contributed by atoms with E-state index in [1.807, 2.05) is 0 Å². The molecule has 1 aliphatic carbocycles. The summed E-state index contributed by atoms with van der Waals surface area (Å²) in [5.74, 6) is -1.95. The number of carbonyl (C=O) groups excluding carboxylic acids is 4. The lowest BCUT2D eigenvalue weighted by Crippen LogP contribution is -2.64. The van der Waals surface area contributed by atoms with Crippen LogP contribution < -0.4 is 5.73 Å². The van der Waals surface area contributed by atoms with Crippen molar-refractivity contribution in [3.05, 3.63) is 0 Å². The van der Waals surface area contributed by atoms with Crippen LogP contribution in [0.1, 0.15) is 78.6 Å². The van der Waals surface area contributed by atoms with Crippen molar-refractivity contribution in [3.63, 3.8) is 0 Å². The quantitative estimate of drug-likeness (QED) is 0.237. The summed E-state index contributed by atoms with van der Waals surface area (Å²) in [7, 11) is 0. The van der Waals surface area contributed by atoms with Gasteiger partial charge in [0, 0.05) is 33.8 Å². The summed E-state index contributed by atoms with van der Waals surface area (Å²) < 4.78 is 32.8. The van der Waals surface area contributed by atoms with Gasteiger partial charge < -0.3 is 34.2 Å².